The van der Waals surface area contributed by atoms with E-state index in [0.29, 0.717) is 25.3 Å². The Morgan fingerprint density at radius 2 is 1.83 bits per heavy atom. The Labute approximate surface area is 175 Å². The molecule has 0 aliphatic carbocycles. The Kier molecular flexibility index (Phi) is 6.44. The molecule has 4 aromatic rings. The summed E-state index contributed by atoms with van der Waals surface area (Å²) < 4.78 is 13.2. The SMILES string of the molecule is O=C(NCCc1nc2ccccc2n1CCCCOc1ccccc1)c1ccco1. The monoisotopic (exact) mass is 403 g/mol. The lowest BCUT2D eigenvalue weighted by Crippen LogP contribution is -2.26. The summed E-state index contributed by atoms with van der Waals surface area (Å²) in [5.41, 5.74) is 2.10. The first-order chi connectivity index (χ1) is 14.8. The minimum atomic E-state index is -0.208. The van der Waals surface area contributed by atoms with Gasteiger partial charge in [-0.1, -0.05) is 30.3 Å². The lowest BCUT2D eigenvalue weighted by atomic mass is 10.2. The van der Waals surface area contributed by atoms with Crippen LogP contribution in [0.25, 0.3) is 11.0 Å². The van der Waals surface area contributed by atoms with Crippen LogP contribution in [0.3, 0.4) is 0 Å². The third-order valence-electron chi connectivity index (χ3n) is 4.90. The molecule has 1 N–H and O–H groups in total. The summed E-state index contributed by atoms with van der Waals surface area (Å²) in [5.74, 6) is 1.99. The van der Waals surface area contributed by atoms with Crippen LogP contribution in [0, 0.1) is 0 Å². The summed E-state index contributed by atoms with van der Waals surface area (Å²) >= 11 is 0. The number of carbonyl (C=O) groups excluding carboxylic acids is 1. The van der Waals surface area contributed by atoms with Crippen LogP contribution in [-0.4, -0.2) is 28.6 Å². The number of carbonyl (C=O) groups is 1. The number of nitrogens with zero attached hydrogens (tertiary/aromatic N) is 2. The summed E-state index contributed by atoms with van der Waals surface area (Å²) in [6.07, 6.45) is 4.09. The first-order valence-corrected chi connectivity index (χ1v) is 10.2. The van der Waals surface area contributed by atoms with E-state index in [1.165, 1.54) is 6.26 Å². The Hall–Kier alpha value is -3.54. The van der Waals surface area contributed by atoms with Crippen molar-refractivity contribution in [2.75, 3.05) is 13.2 Å². The number of benzene rings is 2. The molecule has 0 aliphatic rings. The smallest absolute Gasteiger partial charge is 0.286 e. The average molecular weight is 403 g/mol. The van der Waals surface area contributed by atoms with E-state index >= 15 is 0 Å². The minimum Gasteiger partial charge on any atom is -0.494 e. The van der Waals surface area contributed by atoms with Crippen molar-refractivity contribution in [3.63, 3.8) is 0 Å². The number of furan rings is 1. The molecule has 0 aliphatic heterocycles. The van der Waals surface area contributed by atoms with Gasteiger partial charge in [0, 0.05) is 19.5 Å². The van der Waals surface area contributed by atoms with Crippen LogP contribution in [0.4, 0.5) is 0 Å². The molecule has 6 heteroatoms. The van der Waals surface area contributed by atoms with Crippen molar-refractivity contribution in [3.05, 3.63) is 84.6 Å². The summed E-state index contributed by atoms with van der Waals surface area (Å²) in [5, 5.41) is 2.89. The third-order valence-corrected chi connectivity index (χ3v) is 4.90. The van der Waals surface area contributed by atoms with Gasteiger partial charge in [0.05, 0.1) is 23.9 Å². The summed E-state index contributed by atoms with van der Waals surface area (Å²) in [6.45, 7) is 2.05. The lowest BCUT2D eigenvalue weighted by molar-refractivity contribution is 0.0926. The molecule has 0 spiro atoms. The highest BCUT2D eigenvalue weighted by Crippen LogP contribution is 2.18. The fourth-order valence-corrected chi connectivity index (χ4v) is 3.43. The van der Waals surface area contributed by atoms with Gasteiger partial charge in [-0.3, -0.25) is 4.79 Å². The number of aromatic nitrogens is 2. The summed E-state index contributed by atoms with van der Waals surface area (Å²) in [6, 6.07) is 21.4. The molecule has 0 unspecified atom stereocenters. The number of unbranched alkanes of at least 4 members (excludes halogenated alkanes) is 1. The molecule has 0 bridgehead atoms. The van der Waals surface area contributed by atoms with E-state index < -0.39 is 0 Å². The molecule has 1 amide bonds. The zero-order chi connectivity index (χ0) is 20.6. The molecule has 6 nitrogen and oxygen atoms in total. The molecular formula is C24H25N3O3. The molecule has 2 aromatic heterocycles. The van der Waals surface area contributed by atoms with Gasteiger partial charge < -0.3 is 19.0 Å². The Morgan fingerprint density at radius 3 is 2.67 bits per heavy atom. The third kappa shape index (κ3) is 4.89. The number of rotatable bonds is 10. The molecule has 2 aromatic carbocycles. The summed E-state index contributed by atoms with van der Waals surface area (Å²) in [7, 11) is 0. The minimum absolute atomic E-state index is 0.208. The summed E-state index contributed by atoms with van der Waals surface area (Å²) in [4.78, 5) is 16.8. The first-order valence-electron chi connectivity index (χ1n) is 10.2. The van der Waals surface area contributed by atoms with E-state index in [1.54, 1.807) is 12.1 Å². The van der Waals surface area contributed by atoms with Gasteiger partial charge in [-0.05, 0) is 49.2 Å². The molecule has 4 rings (SSSR count). The molecular weight excluding hydrogens is 378 g/mol. The number of ether oxygens (including phenoxy) is 1. The van der Waals surface area contributed by atoms with Crippen LogP contribution >= 0.6 is 0 Å². The molecule has 154 valence electrons. The fourth-order valence-electron chi connectivity index (χ4n) is 3.43. The van der Waals surface area contributed by atoms with E-state index in [0.717, 1.165) is 42.0 Å². The molecule has 30 heavy (non-hydrogen) atoms. The topological polar surface area (TPSA) is 69.3 Å². The van der Waals surface area contributed by atoms with Crippen molar-refractivity contribution in [2.24, 2.45) is 0 Å². The number of hydrogen-bond acceptors (Lipinski definition) is 4. The second-order valence-electron chi connectivity index (χ2n) is 7.02. The number of para-hydroxylation sites is 3. The van der Waals surface area contributed by atoms with Crippen molar-refractivity contribution in [2.45, 2.75) is 25.8 Å². The second-order valence-corrected chi connectivity index (χ2v) is 7.02. The highest BCUT2D eigenvalue weighted by molar-refractivity contribution is 5.91. The normalized spacial score (nSPS) is 10.9. The van der Waals surface area contributed by atoms with Gasteiger partial charge in [0.1, 0.15) is 11.6 Å². The van der Waals surface area contributed by atoms with E-state index in [-0.39, 0.29) is 5.91 Å². The van der Waals surface area contributed by atoms with Crippen LogP contribution < -0.4 is 10.1 Å². The number of nitrogens with one attached hydrogen (secondary N) is 1. The zero-order valence-corrected chi connectivity index (χ0v) is 16.8. The number of amides is 1. The van der Waals surface area contributed by atoms with Crippen LogP contribution in [0.2, 0.25) is 0 Å². The van der Waals surface area contributed by atoms with Crippen molar-refractivity contribution in [1.29, 1.82) is 0 Å². The van der Waals surface area contributed by atoms with Gasteiger partial charge in [0.25, 0.3) is 5.91 Å². The predicted molar refractivity (Wildman–Crippen MR) is 116 cm³/mol. The molecule has 0 radical (unpaired) electrons. The van der Waals surface area contributed by atoms with Gasteiger partial charge in [-0.15, -0.1) is 0 Å². The lowest BCUT2D eigenvalue weighted by Gasteiger charge is -2.10. The number of imidazole rings is 1. The van der Waals surface area contributed by atoms with Crippen molar-refractivity contribution >= 4 is 16.9 Å². The second kappa shape index (κ2) is 9.78. The number of fused-ring (bicyclic) bond motifs is 1. The largest absolute Gasteiger partial charge is 0.494 e. The Bertz CT molecular complexity index is 1070. The maximum atomic E-state index is 12.1. The predicted octanol–water partition coefficient (Wildman–Crippen LogP) is 4.46. The molecule has 0 atom stereocenters. The van der Waals surface area contributed by atoms with Gasteiger partial charge in [0.2, 0.25) is 0 Å². The average Bonchev–Trinajstić information content (AvgIpc) is 3.43. The highest BCUT2D eigenvalue weighted by atomic mass is 16.5. The van der Waals surface area contributed by atoms with Gasteiger partial charge >= 0.3 is 0 Å². The molecule has 2 heterocycles. The number of hydrogen-bond donors (Lipinski definition) is 1. The van der Waals surface area contributed by atoms with E-state index in [2.05, 4.69) is 16.0 Å². The van der Waals surface area contributed by atoms with Crippen molar-refractivity contribution in [3.8, 4) is 5.75 Å². The quantitative estimate of drug-likeness (QED) is 0.397. The van der Waals surface area contributed by atoms with Crippen LogP contribution in [-0.2, 0) is 13.0 Å². The van der Waals surface area contributed by atoms with Crippen LogP contribution in [0.15, 0.2) is 77.4 Å². The van der Waals surface area contributed by atoms with Crippen LogP contribution in [0.1, 0.15) is 29.2 Å². The van der Waals surface area contributed by atoms with Gasteiger partial charge in [-0.2, -0.15) is 0 Å². The Morgan fingerprint density at radius 1 is 1.00 bits per heavy atom. The highest BCUT2D eigenvalue weighted by Gasteiger charge is 2.12. The van der Waals surface area contributed by atoms with E-state index in [1.807, 2.05) is 48.5 Å². The van der Waals surface area contributed by atoms with Crippen molar-refractivity contribution < 1.29 is 13.9 Å². The van der Waals surface area contributed by atoms with Crippen LogP contribution in [0.5, 0.6) is 5.75 Å². The molecule has 0 saturated carbocycles. The first kappa shape index (κ1) is 19.8. The van der Waals surface area contributed by atoms with E-state index in [9.17, 15) is 4.79 Å². The molecule has 0 saturated heterocycles. The standard InChI is InChI=1S/C24H25N3O3/c28-24(22-13-8-18-30-22)25-15-14-23-26-20-11-4-5-12-21(20)27(23)16-6-7-17-29-19-9-2-1-3-10-19/h1-5,8-13,18H,6-7,14-17H2,(H,25,28). The maximum absolute atomic E-state index is 12.1. The van der Waals surface area contributed by atoms with Gasteiger partial charge in [-0.25, -0.2) is 4.98 Å². The Balaban J connectivity index is 1.33. The number of aryl methyl sites for hydroxylation is 1. The maximum Gasteiger partial charge on any atom is 0.286 e. The van der Waals surface area contributed by atoms with Crippen molar-refractivity contribution in [1.82, 2.24) is 14.9 Å². The van der Waals surface area contributed by atoms with Gasteiger partial charge in [0.15, 0.2) is 5.76 Å². The molecule has 0 fully saturated rings. The van der Waals surface area contributed by atoms with E-state index in [4.69, 9.17) is 14.1 Å². The zero-order valence-electron chi connectivity index (χ0n) is 16.8. The fraction of sp³-hybridized carbons (Fsp3) is 0.250.